The number of ether oxygens (including phenoxy) is 1. The predicted octanol–water partition coefficient (Wildman–Crippen LogP) is 1.78. The smallest absolute Gasteiger partial charge is 0.331 e. The van der Waals surface area contributed by atoms with Crippen LogP contribution in [0.1, 0.15) is 5.56 Å². The van der Waals surface area contributed by atoms with Gasteiger partial charge >= 0.3 is 5.97 Å². The minimum Gasteiger partial charge on any atom is -0.466 e. The third-order valence-electron chi connectivity index (χ3n) is 2.02. The molecule has 0 aliphatic heterocycles. The minimum atomic E-state index is -0.592. The van der Waals surface area contributed by atoms with Gasteiger partial charge in [0.15, 0.2) is 0 Å². The maximum atomic E-state index is 12.8. The molecule has 1 rings (SSSR count). The van der Waals surface area contributed by atoms with Crippen LogP contribution >= 0.6 is 0 Å². The van der Waals surface area contributed by atoms with Gasteiger partial charge in [-0.3, -0.25) is 0 Å². The summed E-state index contributed by atoms with van der Waals surface area (Å²) in [6.07, 6.45) is 3.12. The van der Waals surface area contributed by atoms with Crippen LogP contribution in [0.15, 0.2) is 30.5 Å². The molecule has 0 radical (unpaired) electrons. The van der Waals surface area contributed by atoms with E-state index in [1.165, 1.54) is 31.5 Å². The van der Waals surface area contributed by atoms with Gasteiger partial charge in [0, 0.05) is 24.9 Å². The molecule has 0 heterocycles. The van der Waals surface area contributed by atoms with Crippen molar-refractivity contribution >= 4 is 5.97 Å². The summed E-state index contributed by atoms with van der Waals surface area (Å²) in [6.45, 7) is 0.469. The van der Waals surface area contributed by atoms with Crippen molar-refractivity contribution in [2.45, 2.75) is 6.42 Å². The van der Waals surface area contributed by atoms with E-state index >= 15 is 0 Å². The monoisotopic (exact) mass is 241 g/mol. The summed E-state index contributed by atoms with van der Waals surface area (Å²) in [6, 6.07) is 3.37. The number of nitrogens with one attached hydrogen (secondary N) is 1. The highest BCUT2D eigenvalue weighted by atomic mass is 19.1. The Hall–Kier alpha value is -1.91. The van der Waals surface area contributed by atoms with Crippen molar-refractivity contribution in [1.29, 1.82) is 0 Å². The van der Waals surface area contributed by atoms with Gasteiger partial charge in [-0.25, -0.2) is 13.6 Å². The molecule has 0 aliphatic rings. The molecule has 17 heavy (non-hydrogen) atoms. The van der Waals surface area contributed by atoms with Crippen LogP contribution in [0.5, 0.6) is 0 Å². The molecule has 0 aliphatic carbocycles. The summed E-state index contributed by atoms with van der Waals surface area (Å²) in [5.74, 6) is -1.65. The average Bonchev–Trinajstić information content (AvgIpc) is 2.27. The second-order valence-corrected chi connectivity index (χ2v) is 3.34. The van der Waals surface area contributed by atoms with Crippen molar-refractivity contribution in [3.63, 3.8) is 0 Å². The zero-order chi connectivity index (χ0) is 12.7. The Labute approximate surface area is 98.1 Å². The molecule has 0 atom stereocenters. The number of carbonyl (C=O) groups excluding carboxylic acids is 1. The van der Waals surface area contributed by atoms with E-state index in [1.807, 2.05) is 0 Å². The fraction of sp³-hybridized carbons (Fsp3) is 0.250. The first kappa shape index (κ1) is 13.2. The van der Waals surface area contributed by atoms with Gasteiger partial charge in [-0.1, -0.05) is 0 Å². The molecule has 3 nitrogen and oxygen atoms in total. The Bertz CT molecular complexity index is 399. The lowest BCUT2D eigenvalue weighted by molar-refractivity contribution is -0.134. The van der Waals surface area contributed by atoms with E-state index in [4.69, 9.17) is 0 Å². The van der Waals surface area contributed by atoms with Crippen LogP contribution < -0.4 is 5.32 Å². The number of hydrogen-bond acceptors (Lipinski definition) is 3. The summed E-state index contributed by atoms with van der Waals surface area (Å²) in [5, 5.41) is 2.81. The average molecular weight is 241 g/mol. The SMILES string of the molecule is COC(=O)/C=C/NCCc1cc(F)cc(F)c1. The zero-order valence-corrected chi connectivity index (χ0v) is 9.37. The van der Waals surface area contributed by atoms with Gasteiger partial charge < -0.3 is 10.1 Å². The lowest BCUT2D eigenvalue weighted by atomic mass is 10.1. The molecule has 1 aromatic carbocycles. The first-order valence-corrected chi connectivity index (χ1v) is 5.04. The molecular formula is C12H13F2NO2. The number of hydrogen-bond donors (Lipinski definition) is 1. The highest BCUT2D eigenvalue weighted by Gasteiger charge is 1.99. The van der Waals surface area contributed by atoms with Gasteiger partial charge in [-0.15, -0.1) is 0 Å². The quantitative estimate of drug-likeness (QED) is 0.485. The van der Waals surface area contributed by atoms with Gasteiger partial charge in [0.05, 0.1) is 7.11 Å². The molecule has 0 saturated carbocycles. The molecule has 92 valence electrons. The van der Waals surface area contributed by atoms with E-state index in [-0.39, 0.29) is 0 Å². The third kappa shape index (κ3) is 5.10. The van der Waals surface area contributed by atoms with Crippen LogP contribution in [0.2, 0.25) is 0 Å². The van der Waals surface area contributed by atoms with Crippen LogP contribution in [0.25, 0.3) is 0 Å². The number of benzene rings is 1. The van der Waals surface area contributed by atoms with E-state index in [9.17, 15) is 13.6 Å². The third-order valence-corrected chi connectivity index (χ3v) is 2.02. The maximum Gasteiger partial charge on any atom is 0.331 e. The van der Waals surface area contributed by atoms with Gasteiger partial charge in [0.2, 0.25) is 0 Å². The van der Waals surface area contributed by atoms with Crippen molar-refractivity contribution in [2.24, 2.45) is 0 Å². The van der Waals surface area contributed by atoms with Crippen molar-refractivity contribution in [3.8, 4) is 0 Å². The van der Waals surface area contributed by atoms with Crippen molar-refractivity contribution in [3.05, 3.63) is 47.7 Å². The van der Waals surface area contributed by atoms with Crippen LogP contribution in [0.4, 0.5) is 8.78 Å². The maximum absolute atomic E-state index is 12.8. The van der Waals surface area contributed by atoms with Gasteiger partial charge in [-0.2, -0.15) is 0 Å². The largest absolute Gasteiger partial charge is 0.466 e. The molecule has 0 saturated heterocycles. The van der Waals surface area contributed by atoms with E-state index in [1.54, 1.807) is 0 Å². The number of rotatable bonds is 5. The van der Waals surface area contributed by atoms with Gasteiger partial charge in [0.1, 0.15) is 11.6 Å². The van der Waals surface area contributed by atoms with E-state index in [0.29, 0.717) is 18.5 Å². The van der Waals surface area contributed by atoms with Crippen molar-refractivity contribution < 1.29 is 18.3 Å². The first-order valence-electron chi connectivity index (χ1n) is 5.04. The van der Waals surface area contributed by atoms with Crippen LogP contribution in [-0.2, 0) is 16.0 Å². The van der Waals surface area contributed by atoms with Crippen molar-refractivity contribution in [1.82, 2.24) is 5.32 Å². The van der Waals surface area contributed by atoms with E-state index in [2.05, 4.69) is 10.1 Å². The molecule has 0 fully saturated rings. The second-order valence-electron chi connectivity index (χ2n) is 3.34. The summed E-state index contributed by atoms with van der Waals surface area (Å²) in [7, 11) is 1.28. The molecule has 0 bridgehead atoms. The Morgan fingerprint density at radius 2 is 2.00 bits per heavy atom. The lowest BCUT2D eigenvalue weighted by Gasteiger charge is -2.02. The first-order chi connectivity index (χ1) is 8.11. The summed E-state index contributed by atoms with van der Waals surface area (Å²) in [5.41, 5.74) is 0.557. The van der Waals surface area contributed by atoms with E-state index in [0.717, 1.165) is 6.07 Å². The number of halogens is 2. The number of carbonyl (C=O) groups is 1. The Balaban J connectivity index is 2.36. The topological polar surface area (TPSA) is 38.3 Å². The van der Waals surface area contributed by atoms with Gasteiger partial charge in [-0.05, 0) is 24.1 Å². The highest BCUT2D eigenvalue weighted by Crippen LogP contribution is 2.07. The predicted molar refractivity (Wildman–Crippen MR) is 59.2 cm³/mol. The van der Waals surface area contributed by atoms with Crippen molar-refractivity contribution in [2.75, 3.05) is 13.7 Å². The summed E-state index contributed by atoms with van der Waals surface area (Å²) < 4.78 is 30.0. The fourth-order valence-electron chi connectivity index (χ4n) is 1.25. The Morgan fingerprint density at radius 3 is 2.59 bits per heavy atom. The standard InChI is InChI=1S/C12H13F2NO2/c1-17-12(16)3-5-15-4-2-9-6-10(13)8-11(14)7-9/h3,5-8,15H,2,4H2,1H3/b5-3+. The normalized spacial score (nSPS) is 10.5. The summed E-state index contributed by atoms with van der Waals surface area (Å²) in [4.78, 5) is 10.7. The van der Waals surface area contributed by atoms with E-state index < -0.39 is 17.6 Å². The summed E-state index contributed by atoms with van der Waals surface area (Å²) >= 11 is 0. The Morgan fingerprint density at radius 1 is 1.35 bits per heavy atom. The molecule has 0 spiro atoms. The number of esters is 1. The van der Waals surface area contributed by atoms with Crippen LogP contribution in [-0.4, -0.2) is 19.6 Å². The lowest BCUT2D eigenvalue weighted by Crippen LogP contribution is -2.11. The minimum absolute atomic E-state index is 0.459. The Kier molecular flexibility index (Phi) is 5.13. The highest BCUT2D eigenvalue weighted by molar-refractivity contribution is 5.81. The van der Waals surface area contributed by atoms with Gasteiger partial charge in [0.25, 0.3) is 0 Å². The second kappa shape index (κ2) is 6.62. The zero-order valence-electron chi connectivity index (χ0n) is 9.37. The fourth-order valence-corrected chi connectivity index (χ4v) is 1.25. The van der Waals surface area contributed by atoms with Crippen LogP contribution in [0, 0.1) is 11.6 Å². The number of methoxy groups -OCH3 is 1. The molecule has 0 amide bonds. The molecule has 0 aromatic heterocycles. The van der Waals surface area contributed by atoms with Crippen LogP contribution in [0.3, 0.4) is 0 Å². The molecule has 1 N–H and O–H groups in total. The molecule has 1 aromatic rings. The molecule has 5 heteroatoms. The molecular weight excluding hydrogens is 228 g/mol. The molecule has 0 unspecified atom stereocenters.